The summed E-state index contributed by atoms with van der Waals surface area (Å²) in [5.41, 5.74) is 2.14. The predicted octanol–water partition coefficient (Wildman–Crippen LogP) is 4.44. The standard InChI is InChI=1S/C17H17BrFNO/c1-20-17(12-4-9-16(19)15(18)10-12)11-2-5-13(6-3-11)21-14-7-8-14/h2-6,9-10,14,17,20H,7-8H2,1H3. The highest BCUT2D eigenvalue weighted by molar-refractivity contribution is 9.10. The molecule has 0 amide bonds. The molecular formula is C17H17BrFNO. The van der Waals surface area contributed by atoms with Crippen LogP contribution in [0.25, 0.3) is 0 Å². The number of ether oxygens (including phenoxy) is 1. The molecule has 0 bridgehead atoms. The zero-order chi connectivity index (χ0) is 14.8. The third kappa shape index (κ3) is 3.44. The Morgan fingerprint density at radius 2 is 1.81 bits per heavy atom. The number of nitrogens with one attached hydrogen (secondary N) is 1. The minimum atomic E-state index is -0.248. The average molecular weight is 350 g/mol. The summed E-state index contributed by atoms with van der Waals surface area (Å²) in [7, 11) is 1.90. The van der Waals surface area contributed by atoms with E-state index in [0.717, 1.165) is 29.7 Å². The van der Waals surface area contributed by atoms with Gasteiger partial charge in [-0.15, -0.1) is 0 Å². The summed E-state index contributed by atoms with van der Waals surface area (Å²) in [4.78, 5) is 0. The second-order valence-electron chi connectivity index (χ2n) is 5.28. The molecule has 4 heteroatoms. The van der Waals surface area contributed by atoms with Gasteiger partial charge in [0.1, 0.15) is 11.6 Å². The molecule has 3 rings (SSSR count). The smallest absolute Gasteiger partial charge is 0.137 e. The molecule has 2 nitrogen and oxygen atoms in total. The van der Waals surface area contributed by atoms with E-state index in [1.807, 2.05) is 25.2 Å². The molecule has 0 aliphatic heterocycles. The fourth-order valence-electron chi connectivity index (χ4n) is 2.33. The third-order valence-corrected chi connectivity index (χ3v) is 4.21. The first-order valence-electron chi connectivity index (χ1n) is 7.06. The lowest BCUT2D eigenvalue weighted by Crippen LogP contribution is -2.17. The van der Waals surface area contributed by atoms with Crippen LogP contribution in [0.1, 0.15) is 30.0 Å². The van der Waals surface area contributed by atoms with Crippen LogP contribution in [-0.2, 0) is 0 Å². The molecule has 2 aromatic rings. The van der Waals surface area contributed by atoms with Gasteiger partial charge in [0, 0.05) is 0 Å². The summed E-state index contributed by atoms with van der Waals surface area (Å²) < 4.78 is 19.6. The Hall–Kier alpha value is -1.39. The van der Waals surface area contributed by atoms with Crippen molar-refractivity contribution < 1.29 is 9.13 Å². The van der Waals surface area contributed by atoms with Crippen LogP contribution in [0.15, 0.2) is 46.9 Å². The quantitative estimate of drug-likeness (QED) is 0.861. The molecule has 1 fully saturated rings. The van der Waals surface area contributed by atoms with Crippen molar-refractivity contribution >= 4 is 15.9 Å². The van der Waals surface area contributed by atoms with E-state index in [4.69, 9.17) is 4.74 Å². The highest BCUT2D eigenvalue weighted by atomic mass is 79.9. The van der Waals surface area contributed by atoms with Crippen LogP contribution in [0.4, 0.5) is 4.39 Å². The fraction of sp³-hybridized carbons (Fsp3) is 0.294. The van der Waals surface area contributed by atoms with E-state index in [2.05, 4.69) is 33.4 Å². The Bertz CT molecular complexity index is 625. The summed E-state index contributed by atoms with van der Waals surface area (Å²) >= 11 is 3.24. The van der Waals surface area contributed by atoms with E-state index >= 15 is 0 Å². The van der Waals surface area contributed by atoms with Gasteiger partial charge in [0.2, 0.25) is 0 Å². The number of benzene rings is 2. The van der Waals surface area contributed by atoms with Gasteiger partial charge < -0.3 is 10.1 Å². The lowest BCUT2D eigenvalue weighted by molar-refractivity contribution is 0.303. The summed E-state index contributed by atoms with van der Waals surface area (Å²) in [6.45, 7) is 0. The molecule has 0 heterocycles. The summed E-state index contributed by atoms with van der Waals surface area (Å²) in [5.74, 6) is 0.665. The number of hydrogen-bond acceptors (Lipinski definition) is 2. The average Bonchev–Trinajstić information content (AvgIpc) is 3.29. The first-order valence-corrected chi connectivity index (χ1v) is 7.85. The van der Waals surface area contributed by atoms with Gasteiger partial charge in [-0.05, 0) is 71.2 Å². The normalized spacial score (nSPS) is 15.8. The zero-order valence-corrected chi connectivity index (χ0v) is 13.4. The van der Waals surface area contributed by atoms with E-state index in [0.29, 0.717) is 10.6 Å². The van der Waals surface area contributed by atoms with Crippen LogP contribution < -0.4 is 10.1 Å². The molecule has 1 saturated carbocycles. The van der Waals surface area contributed by atoms with Crippen molar-refractivity contribution in [2.75, 3.05) is 7.05 Å². The first-order chi connectivity index (χ1) is 10.2. The molecule has 21 heavy (non-hydrogen) atoms. The van der Waals surface area contributed by atoms with Gasteiger partial charge in [-0.2, -0.15) is 0 Å². The SMILES string of the molecule is CNC(c1ccc(OC2CC2)cc1)c1ccc(F)c(Br)c1. The highest BCUT2D eigenvalue weighted by Gasteiger charge is 2.23. The lowest BCUT2D eigenvalue weighted by atomic mass is 9.99. The van der Waals surface area contributed by atoms with E-state index in [1.165, 1.54) is 6.07 Å². The van der Waals surface area contributed by atoms with E-state index < -0.39 is 0 Å². The monoisotopic (exact) mass is 349 g/mol. The van der Waals surface area contributed by atoms with Crippen LogP contribution in [-0.4, -0.2) is 13.2 Å². The molecule has 110 valence electrons. The van der Waals surface area contributed by atoms with Gasteiger partial charge in [-0.1, -0.05) is 18.2 Å². The Kier molecular flexibility index (Phi) is 4.27. The molecule has 1 aliphatic rings. The largest absolute Gasteiger partial charge is 0.490 e. The Balaban J connectivity index is 1.82. The molecule has 1 aliphatic carbocycles. The van der Waals surface area contributed by atoms with Crippen LogP contribution >= 0.6 is 15.9 Å². The predicted molar refractivity (Wildman–Crippen MR) is 85.1 cm³/mol. The van der Waals surface area contributed by atoms with Crippen molar-refractivity contribution in [3.63, 3.8) is 0 Å². The third-order valence-electron chi connectivity index (χ3n) is 3.61. The molecule has 2 aromatic carbocycles. The topological polar surface area (TPSA) is 21.3 Å². The van der Waals surface area contributed by atoms with E-state index in [1.54, 1.807) is 6.07 Å². The van der Waals surface area contributed by atoms with Crippen molar-refractivity contribution in [3.05, 3.63) is 63.9 Å². The summed E-state index contributed by atoms with van der Waals surface area (Å²) in [6.07, 6.45) is 2.72. The molecule has 1 atom stereocenters. The van der Waals surface area contributed by atoms with E-state index in [9.17, 15) is 4.39 Å². The van der Waals surface area contributed by atoms with E-state index in [-0.39, 0.29) is 11.9 Å². The second-order valence-corrected chi connectivity index (χ2v) is 6.14. The molecule has 1 unspecified atom stereocenters. The van der Waals surface area contributed by atoms with Crippen LogP contribution in [0.3, 0.4) is 0 Å². The Morgan fingerprint density at radius 3 is 2.38 bits per heavy atom. The molecule has 0 radical (unpaired) electrons. The molecule has 0 aromatic heterocycles. The van der Waals surface area contributed by atoms with Crippen molar-refractivity contribution in [1.82, 2.24) is 5.32 Å². The molecule has 0 saturated heterocycles. The Morgan fingerprint density at radius 1 is 1.14 bits per heavy atom. The van der Waals surface area contributed by atoms with Gasteiger partial charge in [-0.3, -0.25) is 0 Å². The molecule has 1 N–H and O–H groups in total. The van der Waals surface area contributed by atoms with Crippen molar-refractivity contribution in [1.29, 1.82) is 0 Å². The second kappa shape index (κ2) is 6.16. The number of hydrogen-bond donors (Lipinski definition) is 1. The fourth-order valence-corrected chi connectivity index (χ4v) is 2.73. The van der Waals surface area contributed by atoms with Crippen LogP contribution in [0.5, 0.6) is 5.75 Å². The number of halogens is 2. The van der Waals surface area contributed by atoms with Gasteiger partial charge >= 0.3 is 0 Å². The first kappa shape index (κ1) is 14.5. The van der Waals surface area contributed by atoms with Crippen molar-refractivity contribution in [3.8, 4) is 5.75 Å². The van der Waals surface area contributed by atoms with Crippen LogP contribution in [0.2, 0.25) is 0 Å². The Labute approximate surface area is 132 Å². The zero-order valence-electron chi connectivity index (χ0n) is 11.8. The van der Waals surface area contributed by atoms with Crippen molar-refractivity contribution in [2.45, 2.75) is 25.0 Å². The summed E-state index contributed by atoms with van der Waals surface area (Å²) in [5, 5.41) is 3.27. The van der Waals surface area contributed by atoms with Gasteiger partial charge in [0.25, 0.3) is 0 Å². The minimum Gasteiger partial charge on any atom is -0.490 e. The van der Waals surface area contributed by atoms with Crippen molar-refractivity contribution in [2.24, 2.45) is 0 Å². The minimum absolute atomic E-state index is 0.0249. The highest BCUT2D eigenvalue weighted by Crippen LogP contribution is 2.30. The maximum atomic E-state index is 13.4. The molecule has 0 spiro atoms. The van der Waals surface area contributed by atoms with Crippen LogP contribution in [0, 0.1) is 5.82 Å². The molecular weight excluding hydrogens is 333 g/mol. The van der Waals surface area contributed by atoms with Gasteiger partial charge in [-0.25, -0.2) is 4.39 Å². The van der Waals surface area contributed by atoms with Gasteiger partial charge in [0.15, 0.2) is 0 Å². The maximum absolute atomic E-state index is 13.4. The maximum Gasteiger partial charge on any atom is 0.137 e. The number of rotatable bonds is 5. The lowest BCUT2D eigenvalue weighted by Gasteiger charge is -2.18. The summed E-state index contributed by atoms with van der Waals surface area (Å²) in [6, 6.07) is 13.2. The van der Waals surface area contributed by atoms with Gasteiger partial charge in [0.05, 0.1) is 16.6 Å².